The number of carbonyl (C=O) groups is 1. The molecule has 0 radical (unpaired) electrons. The Balaban J connectivity index is 2.45. The minimum atomic E-state index is -0.765. The number of nitrogens with one attached hydrogen (secondary N) is 1. The van der Waals surface area contributed by atoms with E-state index < -0.39 is 5.97 Å². The Morgan fingerprint density at radius 1 is 1.50 bits per heavy atom. The van der Waals surface area contributed by atoms with Gasteiger partial charge >= 0.3 is 5.97 Å². The first-order valence-electron chi connectivity index (χ1n) is 6.02. The fraction of sp³-hybridized carbons (Fsp3) is 0.357. The van der Waals surface area contributed by atoms with E-state index in [4.69, 9.17) is 9.84 Å². The minimum Gasteiger partial charge on any atom is -0.497 e. The van der Waals surface area contributed by atoms with Crippen LogP contribution in [0.2, 0.25) is 0 Å². The number of aromatic nitrogens is 1. The molecule has 1 aromatic carbocycles. The van der Waals surface area contributed by atoms with Gasteiger partial charge in [-0.1, -0.05) is 6.92 Å². The monoisotopic (exact) mass is 247 g/mol. The molecule has 1 aromatic heterocycles. The number of fused-ring (bicyclic) bond motifs is 1. The second kappa shape index (κ2) is 5.12. The molecular weight excluding hydrogens is 230 g/mol. The first kappa shape index (κ1) is 12.5. The van der Waals surface area contributed by atoms with Crippen LogP contribution in [0.5, 0.6) is 5.75 Å². The standard InChI is InChI=1S/C14H17NO3/c1-3-9(6-14(16)17)12-8-15-13-5-4-10(18-2)7-11(12)13/h4-5,7-9,15H,3,6H2,1-2H3,(H,16,17). The van der Waals surface area contributed by atoms with Gasteiger partial charge in [0.15, 0.2) is 0 Å². The summed E-state index contributed by atoms with van der Waals surface area (Å²) in [5, 5.41) is 10.00. The Hall–Kier alpha value is -1.97. The van der Waals surface area contributed by atoms with Gasteiger partial charge in [-0.3, -0.25) is 4.79 Å². The van der Waals surface area contributed by atoms with Crippen molar-refractivity contribution < 1.29 is 14.6 Å². The fourth-order valence-corrected chi connectivity index (χ4v) is 2.27. The Morgan fingerprint density at radius 2 is 2.28 bits per heavy atom. The van der Waals surface area contributed by atoms with Crippen LogP contribution in [-0.2, 0) is 4.79 Å². The third-order valence-corrected chi connectivity index (χ3v) is 3.27. The Kier molecular flexibility index (Phi) is 3.55. The van der Waals surface area contributed by atoms with Crippen molar-refractivity contribution in [2.75, 3.05) is 7.11 Å². The number of rotatable bonds is 5. The van der Waals surface area contributed by atoms with Crippen molar-refractivity contribution in [2.24, 2.45) is 0 Å². The summed E-state index contributed by atoms with van der Waals surface area (Å²) in [6, 6.07) is 5.79. The zero-order valence-electron chi connectivity index (χ0n) is 10.6. The molecule has 18 heavy (non-hydrogen) atoms. The molecule has 96 valence electrons. The van der Waals surface area contributed by atoms with Crippen molar-refractivity contribution in [3.8, 4) is 5.75 Å². The van der Waals surface area contributed by atoms with Crippen molar-refractivity contribution in [3.63, 3.8) is 0 Å². The predicted molar refractivity (Wildman–Crippen MR) is 70.1 cm³/mol. The number of carboxylic acid groups (broad SMARTS) is 1. The lowest BCUT2D eigenvalue weighted by Gasteiger charge is -2.11. The van der Waals surface area contributed by atoms with Crippen molar-refractivity contribution in [2.45, 2.75) is 25.7 Å². The van der Waals surface area contributed by atoms with Crippen molar-refractivity contribution in [3.05, 3.63) is 30.0 Å². The summed E-state index contributed by atoms with van der Waals surface area (Å²) in [5.41, 5.74) is 2.06. The number of hydrogen-bond donors (Lipinski definition) is 2. The van der Waals surface area contributed by atoms with Crippen LogP contribution in [0.3, 0.4) is 0 Å². The molecule has 0 aliphatic carbocycles. The maximum atomic E-state index is 10.9. The molecule has 0 bridgehead atoms. The van der Waals surface area contributed by atoms with E-state index in [1.807, 2.05) is 31.3 Å². The van der Waals surface area contributed by atoms with Gasteiger partial charge in [0.2, 0.25) is 0 Å². The van der Waals surface area contributed by atoms with Crippen LogP contribution in [0, 0.1) is 0 Å². The van der Waals surface area contributed by atoms with E-state index in [0.29, 0.717) is 0 Å². The number of methoxy groups -OCH3 is 1. The number of aromatic amines is 1. The molecule has 0 aliphatic rings. The van der Waals surface area contributed by atoms with Gasteiger partial charge in [-0.05, 0) is 36.1 Å². The van der Waals surface area contributed by atoms with Gasteiger partial charge in [-0.15, -0.1) is 0 Å². The first-order valence-corrected chi connectivity index (χ1v) is 6.02. The van der Waals surface area contributed by atoms with E-state index in [-0.39, 0.29) is 12.3 Å². The summed E-state index contributed by atoms with van der Waals surface area (Å²) in [6.45, 7) is 2.01. The van der Waals surface area contributed by atoms with E-state index in [9.17, 15) is 4.79 Å². The lowest BCUT2D eigenvalue weighted by Crippen LogP contribution is -2.04. The molecular formula is C14H17NO3. The molecule has 1 atom stereocenters. The SMILES string of the molecule is CCC(CC(=O)O)c1c[nH]c2ccc(OC)cc12. The summed E-state index contributed by atoms with van der Waals surface area (Å²) in [7, 11) is 1.63. The summed E-state index contributed by atoms with van der Waals surface area (Å²) >= 11 is 0. The Bertz CT molecular complexity index is 559. The number of H-pyrrole nitrogens is 1. The fourth-order valence-electron chi connectivity index (χ4n) is 2.27. The van der Waals surface area contributed by atoms with E-state index in [2.05, 4.69) is 4.98 Å². The van der Waals surface area contributed by atoms with Crippen molar-refractivity contribution in [1.82, 2.24) is 4.98 Å². The molecule has 4 nitrogen and oxygen atoms in total. The highest BCUT2D eigenvalue weighted by Crippen LogP contribution is 2.32. The topological polar surface area (TPSA) is 62.3 Å². The van der Waals surface area contributed by atoms with E-state index >= 15 is 0 Å². The normalized spacial score (nSPS) is 12.6. The Labute approximate surface area is 106 Å². The lowest BCUT2D eigenvalue weighted by atomic mass is 9.93. The predicted octanol–water partition coefficient (Wildman–Crippen LogP) is 3.14. The molecule has 0 spiro atoms. The number of aliphatic carboxylic acids is 1. The van der Waals surface area contributed by atoms with Crippen LogP contribution in [0.1, 0.15) is 31.2 Å². The third kappa shape index (κ3) is 2.32. The van der Waals surface area contributed by atoms with Gasteiger partial charge in [0.1, 0.15) is 5.75 Å². The highest BCUT2D eigenvalue weighted by molar-refractivity contribution is 5.85. The smallest absolute Gasteiger partial charge is 0.303 e. The maximum absolute atomic E-state index is 10.9. The molecule has 0 saturated carbocycles. The summed E-state index contributed by atoms with van der Waals surface area (Å²) < 4.78 is 5.21. The van der Waals surface area contributed by atoms with Crippen LogP contribution in [0.15, 0.2) is 24.4 Å². The molecule has 1 unspecified atom stereocenters. The molecule has 0 aliphatic heterocycles. The maximum Gasteiger partial charge on any atom is 0.303 e. The van der Waals surface area contributed by atoms with Crippen molar-refractivity contribution >= 4 is 16.9 Å². The molecule has 4 heteroatoms. The highest BCUT2D eigenvalue weighted by Gasteiger charge is 2.17. The highest BCUT2D eigenvalue weighted by atomic mass is 16.5. The van der Waals surface area contributed by atoms with E-state index in [1.54, 1.807) is 7.11 Å². The van der Waals surface area contributed by atoms with Crippen molar-refractivity contribution in [1.29, 1.82) is 0 Å². The second-order valence-corrected chi connectivity index (χ2v) is 4.36. The van der Waals surface area contributed by atoms with Crippen LogP contribution >= 0.6 is 0 Å². The van der Waals surface area contributed by atoms with Crippen LogP contribution in [0.4, 0.5) is 0 Å². The zero-order valence-corrected chi connectivity index (χ0v) is 10.6. The van der Waals surface area contributed by atoms with Gasteiger partial charge in [-0.2, -0.15) is 0 Å². The van der Waals surface area contributed by atoms with Gasteiger partial charge < -0.3 is 14.8 Å². The van der Waals surface area contributed by atoms with Gasteiger partial charge in [-0.25, -0.2) is 0 Å². The third-order valence-electron chi connectivity index (χ3n) is 3.27. The molecule has 0 fully saturated rings. The first-order chi connectivity index (χ1) is 8.65. The van der Waals surface area contributed by atoms with Crippen LogP contribution < -0.4 is 4.74 Å². The zero-order chi connectivity index (χ0) is 13.1. The lowest BCUT2D eigenvalue weighted by molar-refractivity contribution is -0.137. The molecule has 0 amide bonds. The van der Waals surface area contributed by atoms with Crippen LogP contribution in [0.25, 0.3) is 10.9 Å². The van der Waals surface area contributed by atoms with Gasteiger partial charge in [0, 0.05) is 17.1 Å². The average Bonchev–Trinajstić information content (AvgIpc) is 2.78. The summed E-state index contributed by atoms with van der Waals surface area (Å²) in [5.74, 6) is 0.0518. The summed E-state index contributed by atoms with van der Waals surface area (Å²) in [4.78, 5) is 14.1. The molecule has 0 saturated heterocycles. The quantitative estimate of drug-likeness (QED) is 0.853. The van der Waals surface area contributed by atoms with Gasteiger partial charge in [0.25, 0.3) is 0 Å². The molecule has 2 aromatic rings. The average molecular weight is 247 g/mol. The molecule has 2 rings (SSSR count). The number of benzene rings is 1. The number of carboxylic acids is 1. The van der Waals surface area contributed by atoms with E-state index in [1.165, 1.54) is 0 Å². The Morgan fingerprint density at radius 3 is 2.89 bits per heavy atom. The number of ether oxygens (including phenoxy) is 1. The van der Waals surface area contributed by atoms with Crippen LogP contribution in [-0.4, -0.2) is 23.2 Å². The van der Waals surface area contributed by atoms with Gasteiger partial charge in [0.05, 0.1) is 13.5 Å². The number of hydrogen-bond acceptors (Lipinski definition) is 2. The molecule has 1 heterocycles. The summed E-state index contributed by atoms with van der Waals surface area (Å²) in [6.07, 6.45) is 2.86. The van der Waals surface area contributed by atoms with E-state index in [0.717, 1.165) is 28.6 Å². The largest absolute Gasteiger partial charge is 0.497 e. The second-order valence-electron chi connectivity index (χ2n) is 4.36. The minimum absolute atomic E-state index is 0.0309. The molecule has 2 N–H and O–H groups in total.